The molecule has 0 spiro atoms. The monoisotopic (exact) mass is 250 g/mol. The highest BCUT2D eigenvalue weighted by atomic mass is 16.5. The number of rotatable bonds is 2. The molecule has 0 amide bonds. The maximum atomic E-state index is 5.81. The number of nitrogens with zero attached hydrogens (tertiary/aromatic N) is 2. The van der Waals surface area contributed by atoms with E-state index in [1.807, 2.05) is 0 Å². The minimum absolute atomic E-state index is 0.000227. The normalized spacial score (nSPS) is 27.0. The third kappa shape index (κ3) is 2.07. The van der Waals surface area contributed by atoms with E-state index in [1.54, 1.807) is 0 Å². The van der Waals surface area contributed by atoms with Gasteiger partial charge in [0.1, 0.15) is 11.9 Å². The first-order chi connectivity index (χ1) is 8.78. The maximum Gasteiger partial charge on any atom is 0.159 e. The van der Waals surface area contributed by atoms with Gasteiger partial charge in [-0.2, -0.15) is 0 Å². The molecular weight excluding hydrogens is 232 g/mol. The van der Waals surface area contributed by atoms with Crippen molar-refractivity contribution < 1.29 is 9.47 Å². The van der Waals surface area contributed by atoms with E-state index in [2.05, 4.69) is 22.3 Å². The maximum absolute atomic E-state index is 5.81. The molecule has 2 unspecified atom stereocenters. The van der Waals surface area contributed by atoms with Crippen LogP contribution in [0.2, 0.25) is 0 Å². The number of hydrogen-bond donors (Lipinski definition) is 2. The molecule has 18 heavy (non-hydrogen) atoms. The summed E-state index contributed by atoms with van der Waals surface area (Å²) in [5.41, 5.74) is 4.64. The average Bonchev–Trinajstić information content (AvgIpc) is 2.84. The highest BCUT2D eigenvalue weighted by molar-refractivity contribution is 5.46. The minimum Gasteiger partial charge on any atom is -0.376 e. The van der Waals surface area contributed by atoms with Gasteiger partial charge in [0, 0.05) is 12.0 Å². The molecule has 1 aromatic rings. The molecule has 0 saturated carbocycles. The van der Waals surface area contributed by atoms with Gasteiger partial charge in [0.2, 0.25) is 0 Å². The Balaban J connectivity index is 1.95. The van der Waals surface area contributed by atoms with E-state index in [0.29, 0.717) is 19.0 Å². The zero-order chi connectivity index (χ0) is 12.5. The number of aromatic nitrogens is 2. The van der Waals surface area contributed by atoms with Gasteiger partial charge in [-0.05, 0) is 19.8 Å². The number of hydrogen-bond acceptors (Lipinski definition) is 6. The molecule has 2 aliphatic rings. The van der Waals surface area contributed by atoms with Gasteiger partial charge in [-0.15, -0.1) is 0 Å². The Morgan fingerprint density at radius 1 is 1.33 bits per heavy atom. The standard InChI is InChI=1S/C12H18N4O2/c1-7-2-3-10(18-7)12-14-9-4-5-17-6-8(9)11(15-12)16-13/h7,10H,2-6,13H2,1H3,(H,14,15,16). The summed E-state index contributed by atoms with van der Waals surface area (Å²) in [4.78, 5) is 9.10. The summed E-state index contributed by atoms with van der Waals surface area (Å²) in [5.74, 6) is 6.94. The van der Waals surface area contributed by atoms with Gasteiger partial charge in [-0.1, -0.05) is 0 Å². The van der Waals surface area contributed by atoms with E-state index in [9.17, 15) is 0 Å². The van der Waals surface area contributed by atoms with Crippen molar-refractivity contribution in [2.45, 2.75) is 45.0 Å². The molecule has 1 saturated heterocycles. The van der Waals surface area contributed by atoms with E-state index >= 15 is 0 Å². The van der Waals surface area contributed by atoms with Crippen LogP contribution < -0.4 is 11.3 Å². The Kier molecular flexibility index (Phi) is 3.15. The van der Waals surface area contributed by atoms with Crippen LogP contribution in [0.25, 0.3) is 0 Å². The number of nitrogen functional groups attached to an aromatic ring is 1. The number of ether oxygens (including phenoxy) is 2. The molecule has 2 aliphatic heterocycles. The summed E-state index contributed by atoms with van der Waals surface area (Å²) in [5, 5.41) is 0. The number of anilines is 1. The Morgan fingerprint density at radius 2 is 2.22 bits per heavy atom. The SMILES string of the molecule is CC1CCC(c2nc3c(c(NN)n2)COCC3)O1. The van der Waals surface area contributed by atoms with Crippen LogP contribution in [-0.2, 0) is 22.5 Å². The zero-order valence-corrected chi connectivity index (χ0v) is 10.5. The number of fused-ring (bicyclic) bond motifs is 1. The van der Waals surface area contributed by atoms with Crippen LogP contribution in [0, 0.1) is 0 Å². The number of hydrazine groups is 1. The van der Waals surface area contributed by atoms with Crippen molar-refractivity contribution in [3.63, 3.8) is 0 Å². The zero-order valence-electron chi connectivity index (χ0n) is 10.5. The fraction of sp³-hybridized carbons (Fsp3) is 0.667. The van der Waals surface area contributed by atoms with E-state index < -0.39 is 0 Å². The lowest BCUT2D eigenvalue weighted by Crippen LogP contribution is -2.21. The molecule has 98 valence electrons. The minimum atomic E-state index is 0.000227. The smallest absolute Gasteiger partial charge is 0.159 e. The molecule has 6 nitrogen and oxygen atoms in total. The fourth-order valence-corrected chi connectivity index (χ4v) is 2.51. The van der Waals surface area contributed by atoms with Crippen molar-refractivity contribution in [1.29, 1.82) is 0 Å². The van der Waals surface area contributed by atoms with E-state index in [4.69, 9.17) is 15.3 Å². The summed E-state index contributed by atoms with van der Waals surface area (Å²) in [7, 11) is 0. The second kappa shape index (κ2) is 4.79. The van der Waals surface area contributed by atoms with Crippen LogP contribution in [-0.4, -0.2) is 22.7 Å². The van der Waals surface area contributed by atoms with Crippen LogP contribution in [0.4, 0.5) is 5.82 Å². The van der Waals surface area contributed by atoms with Crippen molar-refractivity contribution in [1.82, 2.24) is 9.97 Å². The van der Waals surface area contributed by atoms with Crippen LogP contribution >= 0.6 is 0 Å². The lowest BCUT2D eigenvalue weighted by molar-refractivity contribution is 0.0496. The molecule has 3 heterocycles. The van der Waals surface area contributed by atoms with Crippen molar-refractivity contribution in [3.05, 3.63) is 17.1 Å². The Hall–Kier alpha value is -1.24. The average molecular weight is 250 g/mol. The quantitative estimate of drug-likeness (QED) is 0.603. The first-order valence-electron chi connectivity index (χ1n) is 6.37. The molecule has 0 bridgehead atoms. The molecule has 2 atom stereocenters. The van der Waals surface area contributed by atoms with Gasteiger partial charge in [-0.3, -0.25) is 0 Å². The van der Waals surface area contributed by atoms with Gasteiger partial charge in [0.15, 0.2) is 5.82 Å². The van der Waals surface area contributed by atoms with E-state index in [-0.39, 0.29) is 12.2 Å². The summed E-state index contributed by atoms with van der Waals surface area (Å²) >= 11 is 0. The van der Waals surface area contributed by atoms with E-state index in [0.717, 1.165) is 36.3 Å². The third-order valence-corrected chi connectivity index (χ3v) is 3.50. The van der Waals surface area contributed by atoms with Crippen molar-refractivity contribution >= 4 is 5.82 Å². The van der Waals surface area contributed by atoms with Crippen LogP contribution in [0.1, 0.15) is 43.0 Å². The van der Waals surface area contributed by atoms with Crippen molar-refractivity contribution in [2.24, 2.45) is 5.84 Å². The summed E-state index contributed by atoms with van der Waals surface area (Å²) in [6, 6.07) is 0. The van der Waals surface area contributed by atoms with Gasteiger partial charge in [0.05, 0.1) is 25.0 Å². The van der Waals surface area contributed by atoms with E-state index in [1.165, 1.54) is 0 Å². The van der Waals surface area contributed by atoms with Gasteiger partial charge in [0.25, 0.3) is 0 Å². The highest BCUT2D eigenvalue weighted by Gasteiger charge is 2.28. The van der Waals surface area contributed by atoms with Crippen LogP contribution in [0.5, 0.6) is 0 Å². The first kappa shape index (κ1) is 11.8. The second-order valence-corrected chi connectivity index (χ2v) is 4.82. The largest absolute Gasteiger partial charge is 0.376 e. The third-order valence-electron chi connectivity index (χ3n) is 3.50. The van der Waals surface area contributed by atoms with Crippen LogP contribution in [0.3, 0.4) is 0 Å². The Morgan fingerprint density at radius 3 is 2.94 bits per heavy atom. The molecule has 3 rings (SSSR count). The molecule has 1 aromatic heterocycles. The lowest BCUT2D eigenvalue weighted by Gasteiger charge is -2.20. The first-order valence-corrected chi connectivity index (χ1v) is 6.37. The molecule has 6 heteroatoms. The molecule has 1 fully saturated rings. The van der Waals surface area contributed by atoms with Crippen LogP contribution in [0.15, 0.2) is 0 Å². The number of nitrogens with one attached hydrogen (secondary N) is 1. The predicted molar refractivity (Wildman–Crippen MR) is 65.7 cm³/mol. The van der Waals surface area contributed by atoms with Gasteiger partial charge in [-0.25, -0.2) is 15.8 Å². The fourth-order valence-electron chi connectivity index (χ4n) is 2.51. The van der Waals surface area contributed by atoms with Gasteiger partial charge < -0.3 is 14.9 Å². The molecule has 3 N–H and O–H groups in total. The summed E-state index contributed by atoms with van der Waals surface area (Å²) in [6.45, 7) is 3.31. The lowest BCUT2D eigenvalue weighted by atomic mass is 10.1. The summed E-state index contributed by atoms with van der Waals surface area (Å²) in [6.07, 6.45) is 3.12. The van der Waals surface area contributed by atoms with Crippen molar-refractivity contribution in [3.8, 4) is 0 Å². The Labute approximate surface area is 106 Å². The predicted octanol–water partition coefficient (Wildman–Crippen LogP) is 1.07. The highest BCUT2D eigenvalue weighted by Crippen LogP contribution is 2.32. The Bertz CT molecular complexity index is 435. The van der Waals surface area contributed by atoms with Crippen molar-refractivity contribution in [2.75, 3.05) is 12.0 Å². The molecule has 0 aliphatic carbocycles. The summed E-state index contributed by atoms with van der Waals surface area (Å²) < 4.78 is 11.2. The van der Waals surface area contributed by atoms with Gasteiger partial charge >= 0.3 is 0 Å². The molecule has 0 radical (unpaired) electrons. The molecule has 0 aromatic carbocycles. The second-order valence-electron chi connectivity index (χ2n) is 4.82. The topological polar surface area (TPSA) is 82.3 Å². The molecular formula is C12H18N4O2. The number of nitrogens with two attached hydrogens (primary N) is 1.